The number of benzene rings is 1. The van der Waals surface area contributed by atoms with Crippen LogP contribution >= 0.6 is 0 Å². The zero-order valence-corrected chi connectivity index (χ0v) is 9.44. The van der Waals surface area contributed by atoms with E-state index in [1.54, 1.807) is 6.07 Å². The van der Waals surface area contributed by atoms with Crippen molar-refractivity contribution in [3.63, 3.8) is 0 Å². The summed E-state index contributed by atoms with van der Waals surface area (Å²) in [5.74, 6) is -1.93. The van der Waals surface area contributed by atoms with Crippen molar-refractivity contribution >= 4 is 17.6 Å². The smallest absolute Gasteiger partial charge is 0.303 e. The van der Waals surface area contributed by atoms with Crippen LogP contribution in [0.5, 0.6) is 0 Å². The lowest BCUT2D eigenvalue weighted by atomic mass is 10.1. The van der Waals surface area contributed by atoms with Crippen molar-refractivity contribution in [3.05, 3.63) is 29.6 Å². The van der Waals surface area contributed by atoms with Crippen LogP contribution in [0.1, 0.15) is 24.8 Å². The molecule has 1 aromatic rings. The molecule has 1 aromatic carbocycles. The molecule has 1 rings (SSSR count). The number of amides is 1. The topological polar surface area (TPSA) is 90.2 Å². The zero-order chi connectivity index (χ0) is 13.5. The highest BCUT2D eigenvalue weighted by atomic mass is 19.1. The number of hydrogen-bond acceptors (Lipinski definition) is 3. The molecule has 0 bridgehead atoms. The van der Waals surface area contributed by atoms with Gasteiger partial charge in [-0.1, -0.05) is 0 Å². The molecule has 0 radical (unpaired) electrons. The van der Waals surface area contributed by atoms with Gasteiger partial charge in [-0.05, 0) is 24.6 Å². The molecule has 0 aliphatic rings. The van der Waals surface area contributed by atoms with Gasteiger partial charge < -0.3 is 10.4 Å². The number of anilines is 1. The number of carbonyl (C=O) groups is 2. The number of rotatable bonds is 5. The third-order valence-electron chi connectivity index (χ3n) is 2.17. The van der Waals surface area contributed by atoms with Crippen LogP contribution in [0, 0.1) is 17.1 Å². The average molecular weight is 250 g/mol. The van der Waals surface area contributed by atoms with E-state index >= 15 is 0 Å². The number of halogens is 1. The SMILES string of the molecule is N#Cc1cc(F)ccc1NC(=O)CCCC(=O)O. The van der Waals surface area contributed by atoms with E-state index in [-0.39, 0.29) is 30.5 Å². The second-order valence-electron chi connectivity index (χ2n) is 3.60. The van der Waals surface area contributed by atoms with Gasteiger partial charge in [0.1, 0.15) is 11.9 Å². The van der Waals surface area contributed by atoms with Crippen LogP contribution in [0.3, 0.4) is 0 Å². The molecule has 0 aliphatic heterocycles. The molecule has 0 aromatic heterocycles. The van der Waals surface area contributed by atoms with Gasteiger partial charge in [-0.3, -0.25) is 9.59 Å². The Labute approximate surface area is 103 Å². The summed E-state index contributed by atoms with van der Waals surface area (Å²) in [5, 5.41) is 19.6. The van der Waals surface area contributed by atoms with Crippen molar-refractivity contribution in [2.75, 3.05) is 5.32 Å². The molecule has 0 fully saturated rings. The van der Waals surface area contributed by atoms with Crippen molar-refractivity contribution in [1.82, 2.24) is 0 Å². The molecule has 2 N–H and O–H groups in total. The van der Waals surface area contributed by atoms with E-state index in [0.717, 1.165) is 12.1 Å². The molecule has 1 amide bonds. The highest BCUT2D eigenvalue weighted by Crippen LogP contribution is 2.16. The monoisotopic (exact) mass is 250 g/mol. The minimum atomic E-state index is -0.970. The predicted octanol–water partition coefficient (Wildman–Crippen LogP) is 1.89. The Hall–Kier alpha value is -2.42. The lowest BCUT2D eigenvalue weighted by Crippen LogP contribution is -2.13. The average Bonchev–Trinajstić information content (AvgIpc) is 2.31. The molecule has 0 aliphatic carbocycles. The molecule has 18 heavy (non-hydrogen) atoms. The van der Waals surface area contributed by atoms with E-state index < -0.39 is 17.7 Å². The molecule has 0 saturated heterocycles. The first-order valence-electron chi connectivity index (χ1n) is 5.24. The zero-order valence-electron chi connectivity index (χ0n) is 9.44. The lowest BCUT2D eigenvalue weighted by molar-refractivity contribution is -0.137. The summed E-state index contributed by atoms with van der Waals surface area (Å²) in [6, 6.07) is 5.22. The van der Waals surface area contributed by atoms with E-state index in [2.05, 4.69) is 5.32 Å². The van der Waals surface area contributed by atoms with Crippen molar-refractivity contribution in [2.24, 2.45) is 0 Å². The van der Waals surface area contributed by atoms with Gasteiger partial charge in [0.05, 0.1) is 11.3 Å². The summed E-state index contributed by atoms with van der Waals surface area (Å²) in [5.41, 5.74) is 0.251. The number of hydrogen-bond donors (Lipinski definition) is 2. The van der Waals surface area contributed by atoms with Crippen LogP contribution in [0.2, 0.25) is 0 Å². The van der Waals surface area contributed by atoms with Crippen LogP contribution < -0.4 is 5.32 Å². The maximum atomic E-state index is 12.8. The Kier molecular flexibility index (Phi) is 4.81. The van der Waals surface area contributed by atoms with Gasteiger partial charge in [-0.25, -0.2) is 4.39 Å². The fraction of sp³-hybridized carbons (Fsp3) is 0.250. The second kappa shape index (κ2) is 6.35. The Morgan fingerprint density at radius 3 is 2.72 bits per heavy atom. The molecule has 5 nitrogen and oxygen atoms in total. The summed E-state index contributed by atoms with van der Waals surface area (Å²) in [7, 11) is 0. The maximum Gasteiger partial charge on any atom is 0.303 e. The summed E-state index contributed by atoms with van der Waals surface area (Å²) < 4.78 is 12.8. The summed E-state index contributed by atoms with van der Waals surface area (Å²) in [6.07, 6.45) is 0.154. The summed E-state index contributed by atoms with van der Waals surface area (Å²) in [6.45, 7) is 0. The quantitative estimate of drug-likeness (QED) is 0.834. The Balaban J connectivity index is 2.59. The van der Waals surface area contributed by atoms with Gasteiger partial charge in [0.2, 0.25) is 5.91 Å². The van der Waals surface area contributed by atoms with E-state index in [9.17, 15) is 14.0 Å². The number of nitrogens with one attached hydrogen (secondary N) is 1. The van der Waals surface area contributed by atoms with Crippen molar-refractivity contribution in [3.8, 4) is 6.07 Å². The van der Waals surface area contributed by atoms with Gasteiger partial charge in [0.15, 0.2) is 0 Å². The molecule has 0 atom stereocenters. The summed E-state index contributed by atoms with van der Waals surface area (Å²) in [4.78, 5) is 21.7. The number of carboxylic acid groups (broad SMARTS) is 1. The Morgan fingerprint density at radius 1 is 1.39 bits per heavy atom. The molecule has 94 valence electrons. The fourth-order valence-corrected chi connectivity index (χ4v) is 1.33. The normalized spacial score (nSPS) is 9.56. The van der Waals surface area contributed by atoms with Crippen LogP contribution in [0.4, 0.5) is 10.1 Å². The largest absolute Gasteiger partial charge is 0.481 e. The minimum Gasteiger partial charge on any atom is -0.481 e. The lowest BCUT2D eigenvalue weighted by Gasteiger charge is -2.06. The number of nitriles is 1. The molecule has 0 unspecified atom stereocenters. The highest BCUT2D eigenvalue weighted by Gasteiger charge is 2.08. The molecule has 0 saturated carbocycles. The van der Waals surface area contributed by atoms with Crippen molar-refractivity contribution in [2.45, 2.75) is 19.3 Å². The number of carbonyl (C=O) groups excluding carboxylic acids is 1. The van der Waals surface area contributed by atoms with Gasteiger partial charge >= 0.3 is 5.97 Å². The molecule has 6 heteroatoms. The summed E-state index contributed by atoms with van der Waals surface area (Å²) >= 11 is 0. The predicted molar refractivity (Wildman–Crippen MR) is 61.2 cm³/mol. The van der Waals surface area contributed by atoms with E-state index in [0.29, 0.717) is 0 Å². The minimum absolute atomic E-state index is 0.0292. The molecular weight excluding hydrogens is 239 g/mol. The first-order valence-corrected chi connectivity index (χ1v) is 5.24. The molecule has 0 spiro atoms. The molecule has 0 heterocycles. The Morgan fingerprint density at radius 2 is 2.11 bits per heavy atom. The number of aliphatic carboxylic acids is 1. The van der Waals surface area contributed by atoms with Crippen molar-refractivity contribution in [1.29, 1.82) is 5.26 Å². The number of nitrogens with zero attached hydrogens (tertiary/aromatic N) is 1. The fourth-order valence-electron chi connectivity index (χ4n) is 1.33. The van der Waals surface area contributed by atoms with E-state index in [1.807, 2.05) is 0 Å². The van der Waals surface area contributed by atoms with Gasteiger partial charge in [0, 0.05) is 12.8 Å². The maximum absolute atomic E-state index is 12.8. The Bertz CT molecular complexity index is 509. The standard InChI is InChI=1S/C12H11FN2O3/c13-9-4-5-10(8(6-9)7-14)15-11(16)2-1-3-12(17)18/h4-6H,1-3H2,(H,15,16)(H,17,18). The van der Waals surface area contributed by atoms with Crippen LogP contribution in [0.15, 0.2) is 18.2 Å². The van der Waals surface area contributed by atoms with E-state index in [1.165, 1.54) is 6.07 Å². The third kappa shape index (κ3) is 4.22. The van der Waals surface area contributed by atoms with Gasteiger partial charge in [-0.15, -0.1) is 0 Å². The first-order chi connectivity index (χ1) is 8.52. The van der Waals surface area contributed by atoms with Crippen LogP contribution in [0.25, 0.3) is 0 Å². The van der Waals surface area contributed by atoms with E-state index in [4.69, 9.17) is 10.4 Å². The molecular formula is C12H11FN2O3. The first kappa shape index (κ1) is 13.6. The number of carboxylic acids is 1. The van der Waals surface area contributed by atoms with Gasteiger partial charge in [0.25, 0.3) is 0 Å². The highest BCUT2D eigenvalue weighted by molar-refractivity contribution is 5.92. The van der Waals surface area contributed by atoms with Gasteiger partial charge in [-0.2, -0.15) is 5.26 Å². The second-order valence-corrected chi connectivity index (χ2v) is 3.60. The van der Waals surface area contributed by atoms with Crippen LogP contribution in [-0.2, 0) is 9.59 Å². The van der Waals surface area contributed by atoms with Crippen molar-refractivity contribution < 1.29 is 19.1 Å². The van der Waals surface area contributed by atoms with Crippen LogP contribution in [-0.4, -0.2) is 17.0 Å². The third-order valence-corrected chi connectivity index (χ3v) is 2.17.